The molecule has 0 bridgehead atoms. The van der Waals surface area contributed by atoms with Crippen molar-refractivity contribution in [2.24, 2.45) is 0 Å². The predicted octanol–water partition coefficient (Wildman–Crippen LogP) is 0.203. The van der Waals surface area contributed by atoms with Gasteiger partial charge in [0.15, 0.2) is 0 Å². The Bertz CT molecular complexity index is 599. The highest BCUT2D eigenvalue weighted by atomic mass is 32.2. The van der Waals surface area contributed by atoms with Crippen molar-refractivity contribution in [3.63, 3.8) is 0 Å². The Morgan fingerprint density at radius 2 is 2.10 bits per heavy atom. The number of benzene rings is 1. The van der Waals surface area contributed by atoms with E-state index >= 15 is 0 Å². The zero-order chi connectivity index (χ0) is 14.8. The number of nitrogens with one attached hydrogen (secondary N) is 2. The fourth-order valence-electron chi connectivity index (χ4n) is 2.13. The van der Waals surface area contributed by atoms with Crippen LogP contribution < -0.4 is 10.6 Å². The summed E-state index contributed by atoms with van der Waals surface area (Å²) in [5, 5.41) is 5.86. The van der Waals surface area contributed by atoms with Crippen LogP contribution in [0.5, 0.6) is 0 Å². The van der Waals surface area contributed by atoms with E-state index in [0.717, 1.165) is 15.6 Å². The van der Waals surface area contributed by atoms with Gasteiger partial charge in [0.2, 0.25) is 15.9 Å². The van der Waals surface area contributed by atoms with Crippen LogP contribution in [0.3, 0.4) is 0 Å². The fourth-order valence-corrected chi connectivity index (χ4v) is 2.85. The number of para-hydroxylation sites is 1. The molecule has 1 aliphatic rings. The van der Waals surface area contributed by atoms with Crippen LogP contribution in [0.25, 0.3) is 0 Å². The molecule has 1 unspecified atom stereocenters. The van der Waals surface area contributed by atoms with Crippen LogP contribution in [0.2, 0.25) is 0 Å². The van der Waals surface area contributed by atoms with E-state index in [4.69, 9.17) is 0 Å². The number of hydrogen-bond acceptors (Lipinski definition) is 4. The normalized spacial score (nSPS) is 17.6. The van der Waals surface area contributed by atoms with Gasteiger partial charge in [0, 0.05) is 32.9 Å². The SMILES string of the molecule is CN(C)S(=O)(=O)CCNC(=O)C1CNc2ccccc21. The Morgan fingerprint density at radius 1 is 1.40 bits per heavy atom. The van der Waals surface area contributed by atoms with E-state index in [1.807, 2.05) is 24.3 Å². The first-order valence-corrected chi connectivity index (χ1v) is 8.03. The first-order valence-electron chi connectivity index (χ1n) is 6.42. The van der Waals surface area contributed by atoms with Crippen molar-refractivity contribution >= 4 is 21.6 Å². The van der Waals surface area contributed by atoms with E-state index in [9.17, 15) is 13.2 Å². The zero-order valence-electron chi connectivity index (χ0n) is 11.6. The highest BCUT2D eigenvalue weighted by Gasteiger charge is 2.28. The fraction of sp³-hybridized carbons (Fsp3) is 0.462. The van der Waals surface area contributed by atoms with Crippen LogP contribution >= 0.6 is 0 Å². The highest BCUT2D eigenvalue weighted by molar-refractivity contribution is 7.89. The van der Waals surface area contributed by atoms with Crippen LogP contribution in [-0.2, 0) is 14.8 Å². The number of carbonyl (C=O) groups excluding carboxylic acids is 1. The lowest BCUT2D eigenvalue weighted by Gasteiger charge is -2.13. The maximum absolute atomic E-state index is 12.1. The van der Waals surface area contributed by atoms with Gasteiger partial charge in [-0.1, -0.05) is 18.2 Å². The lowest BCUT2D eigenvalue weighted by atomic mass is 10.0. The van der Waals surface area contributed by atoms with E-state index < -0.39 is 10.0 Å². The van der Waals surface area contributed by atoms with Crippen molar-refractivity contribution in [2.75, 3.05) is 38.3 Å². The molecule has 0 saturated carbocycles. The highest BCUT2D eigenvalue weighted by Crippen LogP contribution is 2.30. The molecule has 1 aromatic rings. The molecule has 0 aromatic heterocycles. The van der Waals surface area contributed by atoms with E-state index in [-0.39, 0.29) is 24.1 Å². The van der Waals surface area contributed by atoms with Gasteiger partial charge < -0.3 is 10.6 Å². The minimum atomic E-state index is -3.27. The molecule has 110 valence electrons. The minimum Gasteiger partial charge on any atom is -0.384 e. The number of fused-ring (bicyclic) bond motifs is 1. The topological polar surface area (TPSA) is 78.5 Å². The monoisotopic (exact) mass is 297 g/mol. The lowest BCUT2D eigenvalue weighted by molar-refractivity contribution is -0.122. The third-order valence-corrected chi connectivity index (χ3v) is 5.20. The van der Waals surface area contributed by atoms with Crippen molar-refractivity contribution in [1.29, 1.82) is 0 Å². The second kappa shape index (κ2) is 5.80. The molecule has 2 rings (SSSR count). The molecule has 0 radical (unpaired) electrons. The van der Waals surface area contributed by atoms with Crippen LogP contribution in [0.4, 0.5) is 5.69 Å². The number of nitrogens with zero attached hydrogens (tertiary/aromatic N) is 1. The molecule has 1 aromatic carbocycles. The number of carbonyl (C=O) groups is 1. The van der Waals surface area contributed by atoms with E-state index in [0.29, 0.717) is 6.54 Å². The number of sulfonamides is 1. The summed E-state index contributed by atoms with van der Waals surface area (Å²) < 4.78 is 24.3. The van der Waals surface area contributed by atoms with Crippen LogP contribution in [-0.4, -0.2) is 51.6 Å². The van der Waals surface area contributed by atoms with E-state index in [1.165, 1.54) is 14.1 Å². The smallest absolute Gasteiger partial charge is 0.229 e. The summed E-state index contributed by atoms with van der Waals surface area (Å²) in [5.41, 5.74) is 1.93. The Morgan fingerprint density at radius 3 is 2.80 bits per heavy atom. The quantitative estimate of drug-likeness (QED) is 0.814. The molecule has 1 atom stereocenters. The molecule has 20 heavy (non-hydrogen) atoms. The zero-order valence-corrected chi connectivity index (χ0v) is 12.4. The molecule has 0 fully saturated rings. The third-order valence-electron chi connectivity index (χ3n) is 3.36. The summed E-state index contributed by atoms with van der Waals surface area (Å²) in [4.78, 5) is 12.1. The molecule has 0 aliphatic carbocycles. The Balaban J connectivity index is 1.92. The number of rotatable bonds is 5. The van der Waals surface area contributed by atoms with Crippen LogP contribution in [0.15, 0.2) is 24.3 Å². The summed E-state index contributed by atoms with van der Waals surface area (Å²) in [6, 6.07) is 7.65. The molecule has 7 heteroatoms. The van der Waals surface area contributed by atoms with Gasteiger partial charge in [0.05, 0.1) is 11.7 Å². The second-order valence-corrected chi connectivity index (χ2v) is 7.21. The van der Waals surface area contributed by atoms with Crippen molar-refractivity contribution in [1.82, 2.24) is 9.62 Å². The Labute approximate surface area is 119 Å². The summed E-state index contributed by atoms with van der Waals surface area (Å²) in [7, 11) is -0.314. The summed E-state index contributed by atoms with van der Waals surface area (Å²) in [5.74, 6) is -0.488. The first kappa shape index (κ1) is 14.8. The lowest BCUT2D eigenvalue weighted by Crippen LogP contribution is -2.36. The predicted molar refractivity (Wildman–Crippen MR) is 78.2 cm³/mol. The molecule has 1 aliphatic heterocycles. The summed E-state index contributed by atoms with van der Waals surface area (Å²) in [6.45, 7) is 0.670. The van der Waals surface area contributed by atoms with Crippen molar-refractivity contribution in [3.05, 3.63) is 29.8 Å². The number of anilines is 1. The van der Waals surface area contributed by atoms with Crippen molar-refractivity contribution < 1.29 is 13.2 Å². The molecular weight excluding hydrogens is 278 g/mol. The average Bonchev–Trinajstić information content (AvgIpc) is 2.82. The van der Waals surface area contributed by atoms with Crippen LogP contribution in [0.1, 0.15) is 11.5 Å². The van der Waals surface area contributed by atoms with Crippen molar-refractivity contribution in [3.8, 4) is 0 Å². The van der Waals surface area contributed by atoms with Gasteiger partial charge in [-0.2, -0.15) is 0 Å². The summed E-state index contributed by atoms with van der Waals surface area (Å²) >= 11 is 0. The van der Waals surface area contributed by atoms with Crippen LogP contribution in [0, 0.1) is 0 Å². The average molecular weight is 297 g/mol. The standard InChI is InChI=1S/C13H19N3O3S/c1-16(2)20(18,19)8-7-14-13(17)11-9-15-12-6-4-3-5-10(11)12/h3-6,11,15H,7-9H2,1-2H3,(H,14,17). The molecule has 2 N–H and O–H groups in total. The maximum Gasteiger partial charge on any atom is 0.229 e. The van der Waals surface area contributed by atoms with Gasteiger partial charge in [0.1, 0.15) is 0 Å². The Kier molecular flexibility index (Phi) is 4.29. The van der Waals surface area contributed by atoms with Gasteiger partial charge in [0.25, 0.3) is 0 Å². The molecule has 1 amide bonds. The molecule has 6 nitrogen and oxygen atoms in total. The number of amides is 1. The third kappa shape index (κ3) is 3.10. The van der Waals surface area contributed by atoms with E-state index in [1.54, 1.807) is 0 Å². The van der Waals surface area contributed by atoms with Gasteiger partial charge in [-0.25, -0.2) is 12.7 Å². The van der Waals surface area contributed by atoms with Crippen molar-refractivity contribution in [2.45, 2.75) is 5.92 Å². The molecule has 1 heterocycles. The largest absolute Gasteiger partial charge is 0.384 e. The van der Waals surface area contributed by atoms with Gasteiger partial charge in [-0.3, -0.25) is 4.79 Å². The van der Waals surface area contributed by atoms with E-state index in [2.05, 4.69) is 10.6 Å². The molecule has 0 saturated heterocycles. The van der Waals surface area contributed by atoms with Gasteiger partial charge >= 0.3 is 0 Å². The summed E-state index contributed by atoms with van der Waals surface area (Å²) in [6.07, 6.45) is 0. The first-order chi connectivity index (χ1) is 9.42. The second-order valence-electron chi connectivity index (χ2n) is 4.91. The minimum absolute atomic E-state index is 0.0897. The van der Waals surface area contributed by atoms with Gasteiger partial charge in [-0.15, -0.1) is 0 Å². The Hall–Kier alpha value is -1.60. The number of hydrogen-bond donors (Lipinski definition) is 2. The molecular formula is C13H19N3O3S. The van der Waals surface area contributed by atoms with Gasteiger partial charge in [-0.05, 0) is 11.6 Å². The molecule has 0 spiro atoms. The maximum atomic E-state index is 12.1.